The molecule has 0 bridgehead atoms. The lowest BCUT2D eigenvalue weighted by Crippen LogP contribution is -2.46. The first kappa shape index (κ1) is 34.4. The maximum Gasteiger partial charge on any atom is 0.410 e. The fourth-order valence-corrected chi connectivity index (χ4v) is 6.38. The first-order valence-electron chi connectivity index (χ1n) is 16.6. The number of carbonyl (C=O) groups excluding carboxylic acids is 1. The SMILES string of the molecule is CC(C)(C)OC(=O)N1CCC[C@@H](Oc2ccc(/C(=C(/CC(F)(F)F)c3ccccc3)c3ccc4c(c3)c(F)nn4C3CCCCO3)cn2)C1. The predicted octanol–water partition coefficient (Wildman–Crippen LogP) is 8.96. The van der Waals surface area contributed by atoms with Crippen molar-refractivity contribution >= 4 is 28.1 Å². The fourth-order valence-electron chi connectivity index (χ4n) is 6.38. The van der Waals surface area contributed by atoms with Crippen LogP contribution in [0.3, 0.4) is 0 Å². The molecule has 0 saturated carbocycles. The number of rotatable bonds is 7. The molecule has 1 unspecified atom stereocenters. The average Bonchev–Trinajstić information content (AvgIpc) is 3.40. The number of nitrogens with zero attached hydrogens (tertiary/aromatic N) is 4. The Labute approximate surface area is 282 Å². The van der Waals surface area contributed by atoms with Crippen molar-refractivity contribution in [3.8, 4) is 5.88 Å². The summed E-state index contributed by atoms with van der Waals surface area (Å²) < 4.78 is 77.1. The Morgan fingerprint density at radius 3 is 2.41 bits per heavy atom. The number of alkyl halides is 3. The third-order valence-electron chi connectivity index (χ3n) is 8.52. The number of likely N-dealkylation sites (tertiary alicyclic amines) is 1. The van der Waals surface area contributed by atoms with E-state index < -0.39 is 36.5 Å². The molecular formula is C37H40F4N4O4. The molecule has 2 atom stereocenters. The summed E-state index contributed by atoms with van der Waals surface area (Å²) in [5.41, 5.74) is 1.32. The second-order valence-electron chi connectivity index (χ2n) is 13.5. The summed E-state index contributed by atoms with van der Waals surface area (Å²) >= 11 is 0. The first-order valence-corrected chi connectivity index (χ1v) is 16.6. The number of amides is 1. The van der Waals surface area contributed by atoms with Gasteiger partial charge in [0.15, 0.2) is 6.23 Å². The molecule has 2 aromatic carbocycles. The highest BCUT2D eigenvalue weighted by atomic mass is 19.4. The number of hydrogen-bond acceptors (Lipinski definition) is 6. The van der Waals surface area contributed by atoms with Gasteiger partial charge in [0.2, 0.25) is 11.8 Å². The van der Waals surface area contributed by atoms with E-state index >= 15 is 4.39 Å². The molecule has 1 amide bonds. The van der Waals surface area contributed by atoms with Crippen molar-refractivity contribution in [3.05, 3.63) is 89.5 Å². The van der Waals surface area contributed by atoms with Gasteiger partial charge in [0.25, 0.3) is 0 Å². The molecule has 0 radical (unpaired) electrons. The number of pyridine rings is 1. The van der Waals surface area contributed by atoms with Crippen molar-refractivity contribution in [2.45, 2.75) is 83.4 Å². The van der Waals surface area contributed by atoms with Crippen molar-refractivity contribution < 1.29 is 36.6 Å². The molecule has 2 saturated heterocycles. The highest BCUT2D eigenvalue weighted by Gasteiger charge is 2.33. The van der Waals surface area contributed by atoms with E-state index in [4.69, 9.17) is 14.2 Å². The number of carbonyl (C=O) groups is 1. The number of hydrogen-bond donors (Lipinski definition) is 0. The van der Waals surface area contributed by atoms with Gasteiger partial charge >= 0.3 is 12.3 Å². The minimum atomic E-state index is -4.54. The molecule has 0 spiro atoms. The zero-order valence-corrected chi connectivity index (χ0v) is 27.8. The van der Waals surface area contributed by atoms with E-state index in [1.807, 2.05) is 20.8 Å². The minimum absolute atomic E-state index is 0.0200. The molecule has 2 fully saturated rings. The average molecular weight is 681 g/mol. The van der Waals surface area contributed by atoms with Gasteiger partial charge in [-0.25, -0.2) is 14.5 Å². The van der Waals surface area contributed by atoms with E-state index in [0.717, 1.165) is 19.3 Å². The zero-order chi connectivity index (χ0) is 34.8. The summed E-state index contributed by atoms with van der Waals surface area (Å²) in [6, 6.07) is 16.5. The number of ether oxygens (including phenoxy) is 3. The van der Waals surface area contributed by atoms with Gasteiger partial charge in [0.1, 0.15) is 11.7 Å². The fraction of sp³-hybridized carbons (Fsp3) is 0.432. The third kappa shape index (κ3) is 8.41. The normalized spacial score (nSPS) is 19.4. The lowest BCUT2D eigenvalue weighted by Gasteiger charge is -2.34. The molecule has 8 nitrogen and oxygen atoms in total. The molecule has 4 heterocycles. The van der Waals surface area contributed by atoms with Crippen molar-refractivity contribution in [2.24, 2.45) is 0 Å². The van der Waals surface area contributed by atoms with Crippen molar-refractivity contribution in [1.29, 1.82) is 0 Å². The van der Waals surface area contributed by atoms with Crippen LogP contribution in [0.25, 0.3) is 22.0 Å². The second kappa shape index (κ2) is 14.2. The Bertz CT molecular complexity index is 1790. The lowest BCUT2D eigenvalue weighted by atomic mass is 9.88. The summed E-state index contributed by atoms with van der Waals surface area (Å²) in [5, 5.41) is 4.30. The molecule has 49 heavy (non-hydrogen) atoms. The van der Waals surface area contributed by atoms with Crippen LogP contribution < -0.4 is 4.74 Å². The Morgan fingerprint density at radius 1 is 0.959 bits per heavy atom. The number of fused-ring (bicyclic) bond motifs is 1. The van der Waals surface area contributed by atoms with E-state index in [9.17, 15) is 18.0 Å². The summed E-state index contributed by atoms with van der Waals surface area (Å²) in [4.78, 5) is 18.7. The number of halogens is 4. The van der Waals surface area contributed by atoms with Gasteiger partial charge in [-0.1, -0.05) is 36.4 Å². The maximum atomic E-state index is 15.4. The topological polar surface area (TPSA) is 78.7 Å². The highest BCUT2D eigenvalue weighted by molar-refractivity contribution is 6.00. The van der Waals surface area contributed by atoms with Crippen LogP contribution in [0, 0.1) is 5.95 Å². The van der Waals surface area contributed by atoms with E-state index in [-0.39, 0.29) is 28.5 Å². The van der Waals surface area contributed by atoms with Gasteiger partial charge < -0.3 is 19.1 Å². The van der Waals surface area contributed by atoms with E-state index in [1.165, 1.54) is 10.9 Å². The molecule has 12 heteroatoms. The molecule has 6 rings (SSSR count). The molecule has 0 N–H and O–H groups in total. The Balaban J connectivity index is 1.37. The lowest BCUT2D eigenvalue weighted by molar-refractivity contribution is -0.122. The Hall–Kier alpha value is -4.45. The van der Waals surface area contributed by atoms with Crippen molar-refractivity contribution in [1.82, 2.24) is 19.7 Å². The summed E-state index contributed by atoms with van der Waals surface area (Å²) in [7, 11) is 0. The Morgan fingerprint density at radius 2 is 1.73 bits per heavy atom. The first-order chi connectivity index (χ1) is 23.3. The van der Waals surface area contributed by atoms with Crippen LogP contribution in [0.15, 0.2) is 66.9 Å². The van der Waals surface area contributed by atoms with Crippen LogP contribution in [0.2, 0.25) is 0 Å². The van der Waals surface area contributed by atoms with Gasteiger partial charge in [-0.05, 0) is 93.3 Å². The van der Waals surface area contributed by atoms with E-state index in [0.29, 0.717) is 54.7 Å². The van der Waals surface area contributed by atoms with Gasteiger partial charge in [-0.3, -0.25) is 0 Å². The van der Waals surface area contributed by atoms with Gasteiger partial charge in [0, 0.05) is 31.0 Å². The number of aromatic nitrogens is 3. The monoisotopic (exact) mass is 680 g/mol. The number of benzene rings is 2. The zero-order valence-electron chi connectivity index (χ0n) is 27.8. The van der Waals surface area contributed by atoms with E-state index in [2.05, 4.69) is 10.1 Å². The standard InChI is InChI=1S/C37H40F4N4O4/c1-36(2,3)49-35(46)44-18-9-12-27(23-44)48-31-17-15-26(22-42-31)33(29(21-37(39,40)41)24-10-5-4-6-11-24)25-14-16-30-28(20-25)34(38)43-45(30)32-13-7-8-19-47-32/h4-6,10-11,14-17,20,22,27,32H,7-9,12-13,18-19,21,23H2,1-3H3/b33-29-/t27-,32?/m1/s1. The van der Waals surface area contributed by atoms with Gasteiger partial charge in [-0.2, -0.15) is 17.6 Å². The number of piperidine rings is 1. The van der Waals surface area contributed by atoms with Crippen molar-refractivity contribution in [3.63, 3.8) is 0 Å². The van der Waals surface area contributed by atoms with Crippen LogP contribution in [0.5, 0.6) is 5.88 Å². The van der Waals surface area contributed by atoms with Crippen LogP contribution in [-0.2, 0) is 9.47 Å². The van der Waals surface area contributed by atoms with Crippen LogP contribution in [0.4, 0.5) is 22.4 Å². The van der Waals surface area contributed by atoms with Crippen LogP contribution >= 0.6 is 0 Å². The van der Waals surface area contributed by atoms with Gasteiger partial charge in [0.05, 0.1) is 23.9 Å². The summed E-state index contributed by atoms with van der Waals surface area (Å²) in [5.74, 6) is -0.455. The molecular weight excluding hydrogens is 640 g/mol. The second-order valence-corrected chi connectivity index (χ2v) is 13.5. The molecule has 0 aliphatic carbocycles. The number of allylic oxidation sites excluding steroid dienone is 1. The molecule has 2 aliphatic heterocycles. The van der Waals surface area contributed by atoms with Crippen LogP contribution in [0.1, 0.15) is 82.2 Å². The molecule has 4 aromatic rings. The minimum Gasteiger partial charge on any atom is -0.472 e. The predicted molar refractivity (Wildman–Crippen MR) is 177 cm³/mol. The molecule has 260 valence electrons. The summed E-state index contributed by atoms with van der Waals surface area (Å²) in [6.45, 7) is 6.84. The molecule has 2 aromatic heterocycles. The van der Waals surface area contributed by atoms with Crippen molar-refractivity contribution in [2.75, 3.05) is 19.7 Å². The smallest absolute Gasteiger partial charge is 0.410 e. The Kier molecular flexibility index (Phi) is 9.96. The highest BCUT2D eigenvalue weighted by Crippen LogP contribution is 2.41. The molecule has 2 aliphatic rings. The van der Waals surface area contributed by atoms with E-state index in [1.54, 1.807) is 65.6 Å². The quantitative estimate of drug-likeness (QED) is 0.143. The summed E-state index contributed by atoms with van der Waals surface area (Å²) in [6.07, 6.45) is -1.51. The largest absolute Gasteiger partial charge is 0.472 e. The van der Waals surface area contributed by atoms with Gasteiger partial charge in [-0.15, -0.1) is 5.10 Å². The van der Waals surface area contributed by atoms with Crippen LogP contribution in [-0.4, -0.2) is 63.3 Å². The third-order valence-corrected chi connectivity index (χ3v) is 8.52. The maximum absolute atomic E-state index is 15.4.